The Kier molecular flexibility index (Phi) is 6.06. The molecule has 6 nitrogen and oxygen atoms in total. The molecule has 1 heterocycles. The van der Waals surface area contributed by atoms with Gasteiger partial charge in [0.2, 0.25) is 17.7 Å². The van der Waals surface area contributed by atoms with Crippen molar-refractivity contribution in [2.24, 2.45) is 11.7 Å². The highest BCUT2D eigenvalue weighted by Crippen LogP contribution is 2.18. The monoisotopic (exact) mass is 299 g/mol. The smallest absolute Gasteiger partial charge is 0.229 e. The topological polar surface area (TPSA) is 83.7 Å². The molecule has 0 aromatic carbocycles. The minimum Gasteiger partial charge on any atom is -0.393 e. The van der Waals surface area contributed by atoms with Gasteiger partial charge in [0.05, 0.1) is 4.99 Å². The summed E-state index contributed by atoms with van der Waals surface area (Å²) in [6.07, 6.45) is 1.35. The van der Waals surface area contributed by atoms with Crippen LogP contribution in [0.5, 0.6) is 0 Å². The first-order valence-electron chi connectivity index (χ1n) is 6.66. The zero-order chi connectivity index (χ0) is 15.3. The molecule has 1 rings (SSSR count). The van der Waals surface area contributed by atoms with Gasteiger partial charge in [0.25, 0.3) is 0 Å². The Morgan fingerprint density at radius 2 is 1.90 bits per heavy atom. The molecule has 0 radical (unpaired) electrons. The summed E-state index contributed by atoms with van der Waals surface area (Å²) in [7, 11) is 1.66. The Morgan fingerprint density at radius 3 is 2.40 bits per heavy atom. The van der Waals surface area contributed by atoms with E-state index in [1.165, 1.54) is 9.80 Å². The summed E-state index contributed by atoms with van der Waals surface area (Å²) in [4.78, 5) is 38.5. The molecule has 1 saturated heterocycles. The first-order valence-corrected chi connectivity index (χ1v) is 7.07. The van der Waals surface area contributed by atoms with E-state index in [1.54, 1.807) is 7.05 Å². The number of amides is 3. The van der Waals surface area contributed by atoms with E-state index in [0.29, 0.717) is 30.8 Å². The van der Waals surface area contributed by atoms with Crippen LogP contribution in [0.25, 0.3) is 0 Å². The normalized spacial score (nSPS) is 16.4. The number of hydrogen-bond acceptors (Lipinski definition) is 4. The maximum absolute atomic E-state index is 11.9. The van der Waals surface area contributed by atoms with Gasteiger partial charge in [-0.1, -0.05) is 19.1 Å². The summed E-state index contributed by atoms with van der Waals surface area (Å²) in [5, 5.41) is 0. The minimum absolute atomic E-state index is 0.0928. The van der Waals surface area contributed by atoms with Gasteiger partial charge >= 0.3 is 0 Å². The van der Waals surface area contributed by atoms with Gasteiger partial charge in [0, 0.05) is 45.8 Å². The van der Waals surface area contributed by atoms with Crippen LogP contribution in [0.4, 0.5) is 0 Å². The van der Waals surface area contributed by atoms with E-state index < -0.39 is 0 Å². The van der Waals surface area contributed by atoms with Gasteiger partial charge in [-0.3, -0.25) is 19.3 Å². The lowest BCUT2D eigenvalue weighted by Crippen LogP contribution is -2.44. The van der Waals surface area contributed by atoms with E-state index >= 15 is 0 Å². The molecule has 0 aromatic rings. The molecule has 112 valence electrons. The second-order valence-electron chi connectivity index (χ2n) is 5.23. The van der Waals surface area contributed by atoms with Crippen LogP contribution < -0.4 is 5.73 Å². The van der Waals surface area contributed by atoms with Crippen molar-refractivity contribution in [1.29, 1.82) is 0 Å². The van der Waals surface area contributed by atoms with Gasteiger partial charge in [-0.05, 0) is 5.92 Å². The van der Waals surface area contributed by atoms with Crippen molar-refractivity contribution in [2.75, 3.05) is 20.1 Å². The van der Waals surface area contributed by atoms with Gasteiger partial charge in [-0.25, -0.2) is 0 Å². The number of piperidine rings is 1. The minimum atomic E-state index is -0.188. The number of thiocarbonyl (C=S) groups is 1. The lowest BCUT2D eigenvalue weighted by molar-refractivity contribution is -0.150. The van der Waals surface area contributed by atoms with Crippen LogP contribution in [-0.4, -0.2) is 52.6 Å². The molecule has 0 atom stereocenters. The highest BCUT2D eigenvalue weighted by molar-refractivity contribution is 7.80. The molecule has 0 aliphatic carbocycles. The summed E-state index contributed by atoms with van der Waals surface area (Å²) in [6, 6.07) is 0. The van der Waals surface area contributed by atoms with Crippen molar-refractivity contribution in [3.05, 3.63) is 0 Å². The maximum Gasteiger partial charge on any atom is 0.229 e. The zero-order valence-electron chi connectivity index (χ0n) is 11.9. The first-order chi connectivity index (χ1) is 9.31. The largest absolute Gasteiger partial charge is 0.393 e. The van der Waals surface area contributed by atoms with Crippen LogP contribution in [0.1, 0.15) is 32.6 Å². The third-order valence-electron chi connectivity index (χ3n) is 3.32. The average molecular weight is 299 g/mol. The second kappa shape index (κ2) is 7.33. The third kappa shape index (κ3) is 4.88. The Balaban J connectivity index is 2.42. The number of rotatable bonds is 6. The predicted molar refractivity (Wildman–Crippen MR) is 78.8 cm³/mol. The molecule has 1 aliphatic heterocycles. The molecule has 0 spiro atoms. The number of carbonyl (C=O) groups excluding carboxylic acids is 3. The van der Waals surface area contributed by atoms with E-state index in [2.05, 4.69) is 0 Å². The molecule has 1 aliphatic rings. The second-order valence-corrected chi connectivity index (χ2v) is 5.76. The van der Waals surface area contributed by atoms with Crippen LogP contribution in [0.2, 0.25) is 0 Å². The van der Waals surface area contributed by atoms with Gasteiger partial charge in [-0.15, -0.1) is 0 Å². The predicted octanol–water partition coefficient (Wildman–Crippen LogP) is 0.296. The van der Waals surface area contributed by atoms with Gasteiger partial charge in [0.1, 0.15) is 0 Å². The van der Waals surface area contributed by atoms with E-state index in [9.17, 15) is 14.4 Å². The van der Waals surface area contributed by atoms with Crippen molar-refractivity contribution in [3.63, 3.8) is 0 Å². The lowest BCUT2D eigenvalue weighted by atomic mass is 9.97. The van der Waals surface area contributed by atoms with E-state index in [0.717, 1.165) is 0 Å². The summed E-state index contributed by atoms with van der Waals surface area (Å²) in [6.45, 7) is 2.48. The Morgan fingerprint density at radius 1 is 1.35 bits per heavy atom. The summed E-state index contributed by atoms with van der Waals surface area (Å²) in [5.74, 6) is -0.407. The van der Waals surface area contributed by atoms with Crippen LogP contribution in [0.3, 0.4) is 0 Å². The molecule has 0 saturated carbocycles. The maximum atomic E-state index is 11.9. The fourth-order valence-electron chi connectivity index (χ4n) is 2.08. The number of likely N-dealkylation sites (tertiary alicyclic amines) is 1. The lowest BCUT2D eigenvalue weighted by Gasteiger charge is -2.28. The van der Waals surface area contributed by atoms with E-state index in [4.69, 9.17) is 18.0 Å². The van der Waals surface area contributed by atoms with E-state index in [1.807, 2.05) is 6.92 Å². The molecular formula is C13H21N3O3S. The molecule has 2 N–H and O–H groups in total. The van der Waals surface area contributed by atoms with Crippen LogP contribution in [-0.2, 0) is 14.4 Å². The number of carbonyl (C=O) groups is 3. The summed E-state index contributed by atoms with van der Waals surface area (Å²) >= 11 is 4.75. The van der Waals surface area contributed by atoms with Crippen molar-refractivity contribution < 1.29 is 14.4 Å². The summed E-state index contributed by atoms with van der Waals surface area (Å²) < 4.78 is 0. The molecule has 0 bridgehead atoms. The highest BCUT2D eigenvalue weighted by atomic mass is 32.1. The van der Waals surface area contributed by atoms with Crippen molar-refractivity contribution >= 4 is 34.9 Å². The molecule has 3 amide bonds. The molecule has 20 heavy (non-hydrogen) atoms. The van der Waals surface area contributed by atoms with E-state index in [-0.39, 0.29) is 36.6 Å². The quantitative estimate of drug-likeness (QED) is 0.563. The molecule has 1 fully saturated rings. The molecule has 7 heteroatoms. The van der Waals surface area contributed by atoms with Crippen LogP contribution in [0.15, 0.2) is 0 Å². The van der Waals surface area contributed by atoms with Crippen molar-refractivity contribution in [1.82, 2.24) is 9.80 Å². The highest BCUT2D eigenvalue weighted by Gasteiger charge is 2.30. The van der Waals surface area contributed by atoms with Crippen molar-refractivity contribution in [3.8, 4) is 0 Å². The fraction of sp³-hybridized carbons (Fsp3) is 0.692. The third-order valence-corrected chi connectivity index (χ3v) is 3.52. The van der Waals surface area contributed by atoms with Gasteiger partial charge < -0.3 is 10.6 Å². The number of nitrogens with two attached hydrogens (primary N) is 1. The number of imide groups is 1. The van der Waals surface area contributed by atoms with Crippen molar-refractivity contribution in [2.45, 2.75) is 32.6 Å². The Labute approximate surface area is 124 Å². The number of nitrogens with zero attached hydrogens (tertiary/aromatic N) is 2. The molecule has 0 aromatic heterocycles. The Bertz CT molecular complexity index is 407. The first kappa shape index (κ1) is 16.6. The summed E-state index contributed by atoms with van der Waals surface area (Å²) in [5.41, 5.74) is 5.38. The van der Waals surface area contributed by atoms with Gasteiger partial charge in [0.15, 0.2) is 0 Å². The SMILES string of the molecule is CC1CC(=O)N(CCC(=O)N(C)CCC(N)=S)C(=O)C1. The van der Waals surface area contributed by atoms with Gasteiger partial charge in [-0.2, -0.15) is 0 Å². The molecular weight excluding hydrogens is 278 g/mol. The zero-order valence-corrected chi connectivity index (χ0v) is 12.7. The average Bonchev–Trinajstić information content (AvgIpc) is 2.34. The standard InChI is InChI=1S/C13H21N3O3S/c1-9-7-12(18)16(13(19)8-9)6-4-11(17)15(2)5-3-10(14)20/h9H,3-8H2,1-2H3,(H2,14,20). The molecule has 0 unspecified atom stereocenters. The Hall–Kier alpha value is -1.50. The number of hydrogen-bond donors (Lipinski definition) is 1. The van der Waals surface area contributed by atoms with Crippen LogP contribution in [0, 0.1) is 5.92 Å². The van der Waals surface area contributed by atoms with Crippen LogP contribution >= 0.6 is 12.2 Å². The fourth-order valence-corrected chi connectivity index (χ4v) is 2.17.